The first-order valence-electron chi connectivity index (χ1n) is 6.71. The molecule has 0 bridgehead atoms. The maximum absolute atomic E-state index is 6.18. The summed E-state index contributed by atoms with van der Waals surface area (Å²) in [5.74, 6) is 0. The van der Waals surface area contributed by atoms with Crippen LogP contribution in [0.15, 0.2) is 22.7 Å². The van der Waals surface area contributed by atoms with Crippen molar-refractivity contribution in [1.29, 1.82) is 0 Å². The minimum absolute atomic E-state index is 0.281. The third kappa shape index (κ3) is 5.22. The van der Waals surface area contributed by atoms with Gasteiger partial charge in [-0.1, -0.05) is 48.3 Å². The summed E-state index contributed by atoms with van der Waals surface area (Å²) in [5.41, 5.74) is 1.26. The van der Waals surface area contributed by atoms with E-state index in [4.69, 9.17) is 16.0 Å². The third-order valence-electron chi connectivity index (χ3n) is 3.87. The molecule has 0 aliphatic carbocycles. The molecule has 0 amide bonds. The Balaban J connectivity index is 2.45. The molecule has 0 saturated heterocycles. The SMILES string of the molecule is CC(C)(C)[Si](C)(C)OCCCc1cc(Cl)ccc1Br. The molecule has 0 aliphatic heterocycles. The van der Waals surface area contributed by atoms with Crippen molar-refractivity contribution >= 4 is 35.8 Å². The number of hydrogen-bond acceptors (Lipinski definition) is 1. The molecule has 0 aromatic heterocycles. The maximum Gasteiger partial charge on any atom is 0.191 e. The van der Waals surface area contributed by atoms with Gasteiger partial charge in [-0.2, -0.15) is 0 Å². The van der Waals surface area contributed by atoms with Crippen molar-refractivity contribution in [2.24, 2.45) is 0 Å². The molecule has 0 heterocycles. The van der Waals surface area contributed by atoms with Gasteiger partial charge in [-0.05, 0) is 54.7 Å². The van der Waals surface area contributed by atoms with Gasteiger partial charge in [0.2, 0.25) is 0 Å². The number of hydrogen-bond donors (Lipinski definition) is 0. The summed E-state index contributed by atoms with van der Waals surface area (Å²) in [7, 11) is -1.61. The molecule has 0 spiro atoms. The van der Waals surface area contributed by atoms with Crippen LogP contribution in [0.25, 0.3) is 0 Å². The fourth-order valence-corrected chi connectivity index (χ4v) is 3.27. The Hall–Kier alpha value is 0.167. The van der Waals surface area contributed by atoms with Gasteiger partial charge in [0.25, 0.3) is 0 Å². The fourth-order valence-electron chi connectivity index (χ4n) is 1.54. The first-order chi connectivity index (χ1) is 8.63. The van der Waals surface area contributed by atoms with Gasteiger partial charge < -0.3 is 4.43 Å². The molecule has 1 aromatic carbocycles. The van der Waals surface area contributed by atoms with Crippen molar-refractivity contribution in [3.8, 4) is 0 Å². The summed E-state index contributed by atoms with van der Waals surface area (Å²) in [4.78, 5) is 0. The van der Waals surface area contributed by atoms with Crippen LogP contribution in [0.4, 0.5) is 0 Å². The van der Waals surface area contributed by atoms with E-state index in [0.29, 0.717) is 0 Å². The van der Waals surface area contributed by atoms with E-state index >= 15 is 0 Å². The van der Waals surface area contributed by atoms with Crippen molar-refractivity contribution in [1.82, 2.24) is 0 Å². The van der Waals surface area contributed by atoms with E-state index in [2.05, 4.69) is 49.8 Å². The largest absolute Gasteiger partial charge is 0.417 e. The molecule has 1 aromatic rings. The highest BCUT2D eigenvalue weighted by molar-refractivity contribution is 9.10. The normalized spacial score (nSPS) is 12.8. The maximum atomic E-state index is 6.18. The highest BCUT2D eigenvalue weighted by Crippen LogP contribution is 2.36. The summed E-state index contributed by atoms with van der Waals surface area (Å²) in [5, 5.41) is 1.08. The molecule has 0 radical (unpaired) electrons. The first-order valence-corrected chi connectivity index (χ1v) is 10.8. The molecular formula is C15H24BrClOSi. The lowest BCUT2D eigenvalue weighted by Gasteiger charge is -2.36. The monoisotopic (exact) mass is 362 g/mol. The van der Waals surface area contributed by atoms with Crippen LogP contribution in [0.2, 0.25) is 23.2 Å². The van der Waals surface area contributed by atoms with E-state index < -0.39 is 8.32 Å². The molecule has 0 N–H and O–H groups in total. The number of rotatable bonds is 5. The van der Waals surface area contributed by atoms with E-state index in [0.717, 1.165) is 28.9 Å². The van der Waals surface area contributed by atoms with Crippen LogP contribution in [-0.4, -0.2) is 14.9 Å². The van der Waals surface area contributed by atoms with Gasteiger partial charge in [-0.15, -0.1) is 0 Å². The Labute approximate surface area is 132 Å². The Morgan fingerprint density at radius 1 is 1.26 bits per heavy atom. The lowest BCUT2D eigenvalue weighted by molar-refractivity contribution is 0.282. The standard InChI is InChI=1S/C15H24BrClOSi/c1-15(2,3)19(4,5)18-10-6-7-12-11-13(17)8-9-14(12)16/h8-9,11H,6-7,10H2,1-5H3. The van der Waals surface area contributed by atoms with E-state index in [-0.39, 0.29) is 5.04 Å². The van der Waals surface area contributed by atoms with Crippen LogP contribution in [0.1, 0.15) is 32.8 Å². The number of halogens is 2. The lowest BCUT2D eigenvalue weighted by Crippen LogP contribution is -2.41. The van der Waals surface area contributed by atoms with Gasteiger partial charge in [0.15, 0.2) is 8.32 Å². The van der Waals surface area contributed by atoms with Crippen LogP contribution in [0.5, 0.6) is 0 Å². The first kappa shape index (κ1) is 17.2. The topological polar surface area (TPSA) is 9.23 Å². The van der Waals surface area contributed by atoms with E-state index in [1.807, 2.05) is 18.2 Å². The summed E-state index contributed by atoms with van der Waals surface area (Å²) >= 11 is 9.58. The third-order valence-corrected chi connectivity index (χ3v) is 9.41. The van der Waals surface area contributed by atoms with Gasteiger partial charge >= 0.3 is 0 Å². The van der Waals surface area contributed by atoms with E-state index in [1.54, 1.807) is 0 Å². The average molecular weight is 364 g/mol. The quantitative estimate of drug-likeness (QED) is 0.456. The van der Waals surface area contributed by atoms with E-state index in [1.165, 1.54) is 5.56 Å². The molecule has 0 fully saturated rings. The van der Waals surface area contributed by atoms with Crippen LogP contribution >= 0.6 is 27.5 Å². The zero-order valence-corrected chi connectivity index (χ0v) is 15.9. The Morgan fingerprint density at radius 2 is 1.89 bits per heavy atom. The molecule has 108 valence electrons. The van der Waals surface area contributed by atoms with Crippen molar-refractivity contribution in [3.05, 3.63) is 33.3 Å². The second kappa shape index (κ2) is 6.75. The predicted molar refractivity (Wildman–Crippen MR) is 90.6 cm³/mol. The van der Waals surface area contributed by atoms with Crippen LogP contribution in [-0.2, 0) is 10.8 Å². The molecule has 0 unspecified atom stereocenters. The average Bonchev–Trinajstić information content (AvgIpc) is 2.27. The minimum atomic E-state index is -1.61. The van der Waals surface area contributed by atoms with Gasteiger partial charge in [-0.3, -0.25) is 0 Å². The molecule has 0 saturated carbocycles. The van der Waals surface area contributed by atoms with Crippen molar-refractivity contribution in [2.45, 2.75) is 51.7 Å². The van der Waals surface area contributed by atoms with Crippen molar-refractivity contribution < 1.29 is 4.43 Å². The zero-order chi connectivity index (χ0) is 14.7. The van der Waals surface area contributed by atoms with Crippen molar-refractivity contribution in [3.63, 3.8) is 0 Å². The second-order valence-electron chi connectivity index (χ2n) is 6.45. The highest BCUT2D eigenvalue weighted by Gasteiger charge is 2.36. The molecule has 1 nitrogen and oxygen atoms in total. The number of aryl methyl sites for hydroxylation is 1. The lowest BCUT2D eigenvalue weighted by atomic mass is 10.1. The molecule has 4 heteroatoms. The molecule has 0 atom stereocenters. The van der Waals surface area contributed by atoms with Gasteiger partial charge in [0.1, 0.15) is 0 Å². The molecule has 19 heavy (non-hydrogen) atoms. The van der Waals surface area contributed by atoms with Gasteiger partial charge in [0.05, 0.1) is 0 Å². The summed E-state index contributed by atoms with van der Waals surface area (Å²) < 4.78 is 7.31. The highest BCUT2D eigenvalue weighted by atomic mass is 79.9. The summed E-state index contributed by atoms with van der Waals surface area (Å²) in [6, 6.07) is 5.94. The smallest absolute Gasteiger partial charge is 0.191 e. The Bertz CT molecular complexity index is 427. The zero-order valence-electron chi connectivity index (χ0n) is 12.5. The molecular weight excluding hydrogens is 340 g/mol. The Kier molecular flexibility index (Phi) is 6.12. The van der Waals surface area contributed by atoms with Gasteiger partial charge in [0, 0.05) is 16.1 Å². The predicted octanol–water partition coefficient (Wildman–Crippen LogP) is 6.06. The van der Waals surface area contributed by atoms with Gasteiger partial charge in [-0.25, -0.2) is 0 Å². The summed E-state index contributed by atoms with van der Waals surface area (Å²) in [6.45, 7) is 12.2. The second-order valence-corrected chi connectivity index (χ2v) is 12.5. The fraction of sp³-hybridized carbons (Fsp3) is 0.600. The van der Waals surface area contributed by atoms with Crippen LogP contribution in [0.3, 0.4) is 0 Å². The number of benzene rings is 1. The summed E-state index contributed by atoms with van der Waals surface area (Å²) in [6.07, 6.45) is 2.03. The van der Waals surface area contributed by atoms with Crippen LogP contribution < -0.4 is 0 Å². The van der Waals surface area contributed by atoms with E-state index in [9.17, 15) is 0 Å². The molecule has 1 rings (SSSR count). The minimum Gasteiger partial charge on any atom is -0.417 e. The van der Waals surface area contributed by atoms with Crippen LogP contribution in [0, 0.1) is 0 Å². The van der Waals surface area contributed by atoms with Crippen molar-refractivity contribution in [2.75, 3.05) is 6.61 Å². The Morgan fingerprint density at radius 3 is 2.47 bits per heavy atom. The molecule has 0 aliphatic rings.